The molecule has 242 valence electrons. The van der Waals surface area contributed by atoms with Crippen LogP contribution < -0.4 is 0 Å². The number of aromatic nitrogens is 1. The summed E-state index contributed by atoms with van der Waals surface area (Å²) in [4.78, 5) is 12.0. The van der Waals surface area contributed by atoms with Crippen molar-refractivity contribution in [3.05, 3.63) is 143 Å². The molecule has 11 heteroatoms. The molecule has 4 aromatic carbocycles. The maximum Gasteiger partial charge on any atom is 0.337 e. The Morgan fingerprint density at radius 2 is 1.57 bits per heavy atom. The van der Waals surface area contributed by atoms with Crippen LogP contribution in [0.4, 0.5) is 8.78 Å². The number of carbonyl (C=O) groups excluding carboxylic acids is 1. The summed E-state index contributed by atoms with van der Waals surface area (Å²) in [5.74, 6) is -2.54. The van der Waals surface area contributed by atoms with Crippen LogP contribution in [0.1, 0.15) is 34.6 Å². The Balaban J connectivity index is 1.70. The lowest BCUT2D eigenvalue weighted by molar-refractivity contribution is -0.135. The summed E-state index contributed by atoms with van der Waals surface area (Å²) in [6, 6.07) is 24.8. The van der Waals surface area contributed by atoms with Gasteiger partial charge >= 0.3 is 5.97 Å². The number of fused-ring (bicyclic) bond motifs is 1. The fourth-order valence-electron chi connectivity index (χ4n) is 5.89. The van der Waals surface area contributed by atoms with Gasteiger partial charge < -0.3 is 4.74 Å². The van der Waals surface area contributed by atoms with Crippen molar-refractivity contribution < 1.29 is 26.7 Å². The molecule has 1 aliphatic carbocycles. The van der Waals surface area contributed by atoms with Crippen molar-refractivity contribution >= 4 is 41.7 Å². The summed E-state index contributed by atoms with van der Waals surface area (Å²) in [7, 11) is -1.16. The lowest BCUT2D eigenvalue weighted by Crippen LogP contribution is -2.14. The van der Waals surface area contributed by atoms with E-state index in [1.807, 2.05) is 21.4 Å². The van der Waals surface area contributed by atoms with Crippen molar-refractivity contribution in [2.24, 2.45) is 0 Å². The molecule has 1 aromatic heterocycles. The zero-order valence-corrected chi connectivity index (χ0v) is 27.9. The van der Waals surface area contributed by atoms with E-state index in [0.717, 1.165) is 15.6 Å². The molecular weight excluding hydrogens is 663 g/mol. The second-order valence-electron chi connectivity index (χ2n) is 11.0. The standard InChI is InChI=1S/C38H26F2N3O4PS/c1-47-38(44)25-6-2-5-23(11-12-25)26-7-3-8-27(19-26)36-35(34-28(21-41)9-4-10-29(34)22-42)32-20-30(39)15-18-33(32)43(36)49(45,46)31-16-13-24(14-17-31)37(40)48/h3-20,37H,2,48H2,1H3. The van der Waals surface area contributed by atoms with Gasteiger partial charge in [-0.2, -0.15) is 10.5 Å². The molecule has 0 amide bonds. The Bertz CT molecular complexity index is 2420. The van der Waals surface area contributed by atoms with Gasteiger partial charge in [-0.05, 0) is 77.7 Å². The summed E-state index contributed by atoms with van der Waals surface area (Å²) < 4.78 is 64.4. The number of methoxy groups -OCH3 is 1. The van der Waals surface area contributed by atoms with E-state index in [1.54, 1.807) is 42.5 Å². The molecule has 0 aliphatic heterocycles. The molecule has 0 bridgehead atoms. The molecule has 2 atom stereocenters. The molecule has 0 saturated heterocycles. The fourth-order valence-corrected chi connectivity index (χ4v) is 7.66. The lowest BCUT2D eigenvalue weighted by atomic mass is 9.90. The van der Waals surface area contributed by atoms with Crippen molar-refractivity contribution in [1.29, 1.82) is 10.5 Å². The molecule has 1 heterocycles. The number of benzene rings is 4. The second-order valence-corrected chi connectivity index (χ2v) is 13.4. The van der Waals surface area contributed by atoms with Crippen LogP contribution in [0.15, 0.2) is 120 Å². The minimum Gasteiger partial charge on any atom is -0.465 e. The van der Waals surface area contributed by atoms with Crippen LogP contribution in [0.2, 0.25) is 0 Å². The van der Waals surface area contributed by atoms with Crippen molar-refractivity contribution in [3.8, 4) is 34.5 Å². The van der Waals surface area contributed by atoms with Crippen LogP contribution in [0.25, 0.3) is 38.9 Å². The summed E-state index contributed by atoms with van der Waals surface area (Å²) in [6.45, 7) is 0. The molecule has 7 nitrogen and oxygen atoms in total. The molecule has 6 rings (SSSR count). The molecule has 2 unspecified atom stereocenters. The van der Waals surface area contributed by atoms with Gasteiger partial charge in [0.2, 0.25) is 0 Å². The SMILES string of the molecule is COC(=O)C1=CCC=C(c2cccc(-c3c(-c4c(C#N)cccc4C#N)c4cc(F)ccc4n3S(=O)(=O)c3ccc(C(F)P)cc3)c2)C=C1. The van der Waals surface area contributed by atoms with Gasteiger partial charge in [0.1, 0.15) is 11.7 Å². The molecule has 0 saturated carbocycles. The molecule has 49 heavy (non-hydrogen) atoms. The van der Waals surface area contributed by atoms with E-state index in [0.29, 0.717) is 23.1 Å². The number of nitrogens with zero attached hydrogens (tertiary/aromatic N) is 3. The van der Waals surface area contributed by atoms with E-state index in [2.05, 4.69) is 12.1 Å². The van der Waals surface area contributed by atoms with Gasteiger partial charge in [0.15, 0.2) is 0 Å². The van der Waals surface area contributed by atoms with E-state index in [-0.39, 0.29) is 49.3 Å². The molecule has 0 spiro atoms. The maximum absolute atomic E-state index is 15.1. The highest BCUT2D eigenvalue weighted by molar-refractivity contribution is 7.90. The highest BCUT2D eigenvalue weighted by atomic mass is 32.2. The zero-order valence-electron chi connectivity index (χ0n) is 25.9. The first-order chi connectivity index (χ1) is 23.6. The predicted molar refractivity (Wildman–Crippen MR) is 187 cm³/mol. The Labute approximate surface area is 283 Å². The van der Waals surface area contributed by atoms with Gasteiger partial charge in [-0.3, -0.25) is 0 Å². The molecule has 0 N–H and O–H groups in total. The van der Waals surface area contributed by atoms with Crippen LogP contribution in [0.5, 0.6) is 0 Å². The quantitative estimate of drug-likeness (QED) is 0.125. The summed E-state index contributed by atoms with van der Waals surface area (Å²) >= 11 is 0. The van der Waals surface area contributed by atoms with Crippen molar-refractivity contribution in [2.45, 2.75) is 17.2 Å². The number of halogens is 2. The molecule has 0 radical (unpaired) electrons. The third kappa shape index (κ3) is 6.09. The Kier molecular flexibility index (Phi) is 9.12. The number of alkyl halides is 1. The average molecular weight is 690 g/mol. The minimum absolute atomic E-state index is 0.0896. The largest absolute Gasteiger partial charge is 0.465 e. The monoisotopic (exact) mass is 689 g/mol. The van der Waals surface area contributed by atoms with Crippen LogP contribution in [0.3, 0.4) is 0 Å². The van der Waals surface area contributed by atoms with Gasteiger partial charge in [0.05, 0.1) is 52.1 Å². The highest BCUT2D eigenvalue weighted by Crippen LogP contribution is 2.46. The smallest absolute Gasteiger partial charge is 0.337 e. The van der Waals surface area contributed by atoms with E-state index >= 15 is 4.39 Å². The number of carbonyl (C=O) groups is 1. The van der Waals surface area contributed by atoms with Crippen molar-refractivity contribution in [1.82, 2.24) is 3.97 Å². The van der Waals surface area contributed by atoms with Crippen LogP contribution >= 0.6 is 9.24 Å². The average Bonchev–Trinajstić information content (AvgIpc) is 3.25. The maximum atomic E-state index is 15.1. The van der Waals surface area contributed by atoms with E-state index in [9.17, 15) is 28.1 Å². The first kappa shape index (κ1) is 33.2. The number of allylic oxidation sites excluding steroid dienone is 4. The number of nitriles is 2. The number of ether oxygens (including phenoxy) is 1. The van der Waals surface area contributed by atoms with Gasteiger partial charge in [0, 0.05) is 22.1 Å². The topological polar surface area (TPSA) is 113 Å². The first-order valence-electron chi connectivity index (χ1n) is 14.9. The Morgan fingerprint density at radius 3 is 2.22 bits per heavy atom. The van der Waals surface area contributed by atoms with Gasteiger partial charge in [-0.25, -0.2) is 26.0 Å². The van der Waals surface area contributed by atoms with E-state index in [4.69, 9.17) is 4.74 Å². The molecular formula is C38H26F2N3O4PS. The number of rotatable bonds is 7. The zero-order chi connectivity index (χ0) is 34.9. The predicted octanol–water partition coefficient (Wildman–Crippen LogP) is 8.38. The van der Waals surface area contributed by atoms with Gasteiger partial charge in [-0.1, -0.05) is 63.9 Å². The van der Waals surface area contributed by atoms with Crippen LogP contribution in [-0.4, -0.2) is 25.5 Å². The third-order valence-electron chi connectivity index (χ3n) is 8.19. The molecule has 1 aliphatic rings. The number of esters is 1. The first-order valence-corrected chi connectivity index (χ1v) is 17.0. The third-order valence-corrected chi connectivity index (χ3v) is 10.3. The molecule has 0 fully saturated rings. The van der Waals surface area contributed by atoms with Crippen molar-refractivity contribution in [3.63, 3.8) is 0 Å². The Hall–Kier alpha value is -5.67. The normalized spacial score (nSPS) is 13.5. The van der Waals surface area contributed by atoms with Gasteiger partial charge in [0.25, 0.3) is 10.0 Å². The summed E-state index contributed by atoms with van der Waals surface area (Å²) in [6.07, 6.45) is 7.44. The number of hydrogen-bond acceptors (Lipinski definition) is 6. The van der Waals surface area contributed by atoms with Crippen LogP contribution in [-0.2, 0) is 19.6 Å². The van der Waals surface area contributed by atoms with E-state index < -0.39 is 27.7 Å². The summed E-state index contributed by atoms with van der Waals surface area (Å²) in [5.41, 5.74) is 3.13. The number of hydrogen-bond donors (Lipinski definition) is 0. The van der Waals surface area contributed by atoms with Gasteiger partial charge in [-0.15, -0.1) is 0 Å². The van der Waals surface area contributed by atoms with E-state index in [1.165, 1.54) is 55.6 Å². The second kappa shape index (κ2) is 13.4. The minimum atomic E-state index is -4.48. The van der Waals surface area contributed by atoms with Crippen LogP contribution in [0, 0.1) is 28.5 Å². The fraction of sp³-hybridized carbons (Fsp3) is 0.0789. The highest BCUT2D eigenvalue weighted by Gasteiger charge is 2.31. The Morgan fingerprint density at radius 1 is 0.898 bits per heavy atom. The lowest BCUT2D eigenvalue weighted by Gasteiger charge is -2.16. The van der Waals surface area contributed by atoms with Crippen molar-refractivity contribution in [2.75, 3.05) is 7.11 Å². The molecule has 5 aromatic rings. The summed E-state index contributed by atoms with van der Waals surface area (Å²) in [5, 5.41) is 20.5.